The summed E-state index contributed by atoms with van der Waals surface area (Å²) in [5, 5.41) is 10.7. The summed E-state index contributed by atoms with van der Waals surface area (Å²) in [5.74, 6) is 6.81. The van der Waals surface area contributed by atoms with Gasteiger partial charge in [0.05, 0.1) is 18.0 Å². The number of rotatable bonds is 5. The first kappa shape index (κ1) is 15.2. The second-order valence-electron chi connectivity index (χ2n) is 4.35. The Morgan fingerprint density at radius 3 is 2.76 bits per heavy atom. The molecule has 1 atom stereocenters. The zero-order valence-electron chi connectivity index (χ0n) is 12.0. The fraction of sp³-hybridized carbons (Fsp3) is 0.308. The third-order valence-electron chi connectivity index (χ3n) is 2.85. The summed E-state index contributed by atoms with van der Waals surface area (Å²) in [7, 11) is 1.56. The van der Waals surface area contributed by atoms with Crippen molar-refractivity contribution in [2.45, 2.75) is 24.3 Å². The Kier molecular flexibility index (Phi) is 4.69. The summed E-state index contributed by atoms with van der Waals surface area (Å²) in [6.07, 6.45) is 0. The van der Waals surface area contributed by atoms with Crippen LogP contribution in [0.5, 0.6) is 5.75 Å². The molecule has 1 unspecified atom stereocenters. The lowest BCUT2D eigenvalue weighted by Crippen LogP contribution is -2.24. The van der Waals surface area contributed by atoms with E-state index in [4.69, 9.17) is 10.6 Å². The maximum absolute atomic E-state index is 12.2. The predicted molar refractivity (Wildman–Crippen MR) is 81.9 cm³/mol. The molecule has 0 aliphatic heterocycles. The molecule has 21 heavy (non-hydrogen) atoms. The number of methoxy groups -OCH3 is 1. The Labute approximate surface area is 126 Å². The van der Waals surface area contributed by atoms with Gasteiger partial charge in [0.2, 0.25) is 11.1 Å². The fourth-order valence-corrected chi connectivity index (χ4v) is 2.44. The molecule has 0 aliphatic carbocycles. The SMILES string of the molecule is COc1ccccc1NC(=O)C(C)Sc1nnc(C)n1N. The smallest absolute Gasteiger partial charge is 0.237 e. The van der Waals surface area contributed by atoms with E-state index in [-0.39, 0.29) is 11.2 Å². The number of hydrogen-bond donors (Lipinski definition) is 2. The van der Waals surface area contributed by atoms with Gasteiger partial charge in [0.1, 0.15) is 11.6 Å². The first-order valence-electron chi connectivity index (χ1n) is 6.30. The first-order chi connectivity index (χ1) is 10.0. The van der Waals surface area contributed by atoms with E-state index in [0.717, 1.165) is 0 Å². The number of nitrogens with two attached hydrogens (primary N) is 1. The van der Waals surface area contributed by atoms with Gasteiger partial charge in [0.15, 0.2) is 0 Å². The molecule has 1 heterocycles. The number of aromatic nitrogens is 3. The van der Waals surface area contributed by atoms with E-state index in [1.807, 2.05) is 12.1 Å². The molecule has 7 nitrogen and oxygen atoms in total. The van der Waals surface area contributed by atoms with Crippen LogP contribution in [0.4, 0.5) is 5.69 Å². The minimum Gasteiger partial charge on any atom is -0.495 e. The van der Waals surface area contributed by atoms with Crippen molar-refractivity contribution in [3.8, 4) is 5.75 Å². The van der Waals surface area contributed by atoms with Crippen LogP contribution in [0.3, 0.4) is 0 Å². The number of carbonyl (C=O) groups excluding carboxylic acids is 1. The van der Waals surface area contributed by atoms with Gasteiger partial charge in [-0.25, -0.2) is 4.68 Å². The van der Waals surface area contributed by atoms with Gasteiger partial charge in [-0.2, -0.15) is 0 Å². The maximum atomic E-state index is 12.2. The van der Waals surface area contributed by atoms with Gasteiger partial charge in [-0.3, -0.25) is 4.79 Å². The Balaban J connectivity index is 2.04. The van der Waals surface area contributed by atoms with E-state index in [1.165, 1.54) is 16.4 Å². The monoisotopic (exact) mass is 307 g/mol. The van der Waals surface area contributed by atoms with Crippen molar-refractivity contribution in [2.75, 3.05) is 18.3 Å². The minimum atomic E-state index is -0.374. The van der Waals surface area contributed by atoms with Crippen molar-refractivity contribution in [1.29, 1.82) is 0 Å². The number of carbonyl (C=O) groups is 1. The molecule has 1 aromatic heterocycles. The maximum Gasteiger partial charge on any atom is 0.237 e. The van der Waals surface area contributed by atoms with Crippen LogP contribution in [0, 0.1) is 6.92 Å². The molecule has 3 N–H and O–H groups in total. The number of nitrogens with one attached hydrogen (secondary N) is 1. The van der Waals surface area contributed by atoms with Crippen molar-refractivity contribution in [1.82, 2.24) is 14.9 Å². The van der Waals surface area contributed by atoms with Crippen LogP contribution < -0.4 is 15.9 Å². The van der Waals surface area contributed by atoms with Crippen LogP contribution in [0.15, 0.2) is 29.4 Å². The lowest BCUT2D eigenvalue weighted by molar-refractivity contribution is -0.115. The fourth-order valence-electron chi connectivity index (χ4n) is 1.62. The molecular formula is C13H17N5O2S. The molecule has 112 valence electrons. The zero-order valence-corrected chi connectivity index (χ0v) is 12.8. The van der Waals surface area contributed by atoms with Crippen molar-refractivity contribution >= 4 is 23.4 Å². The molecule has 0 spiro atoms. The molecule has 8 heteroatoms. The lowest BCUT2D eigenvalue weighted by Gasteiger charge is -2.13. The lowest BCUT2D eigenvalue weighted by atomic mass is 10.3. The Morgan fingerprint density at radius 2 is 2.14 bits per heavy atom. The molecule has 2 rings (SSSR count). The second kappa shape index (κ2) is 6.49. The third-order valence-corrected chi connectivity index (χ3v) is 3.91. The largest absolute Gasteiger partial charge is 0.495 e. The summed E-state index contributed by atoms with van der Waals surface area (Å²) >= 11 is 1.24. The molecule has 1 amide bonds. The van der Waals surface area contributed by atoms with Crippen LogP contribution in [-0.4, -0.2) is 33.1 Å². The number of para-hydroxylation sites is 2. The topological polar surface area (TPSA) is 95.1 Å². The molecule has 0 fully saturated rings. The number of nitrogens with zero attached hydrogens (tertiary/aromatic N) is 3. The molecule has 0 saturated carbocycles. The van der Waals surface area contributed by atoms with E-state index in [2.05, 4.69) is 15.5 Å². The van der Waals surface area contributed by atoms with Crippen molar-refractivity contribution in [2.24, 2.45) is 0 Å². The van der Waals surface area contributed by atoms with Gasteiger partial charge >= 0.3 is 0 Å². The summed E-state index contributed by atoms with van der Waals surface area (Å²) in [6.45, 7) is 3.52. The average Bonchev–Trinajstić information content (AvgIpc) is 2.79. The number of anilines is 1. The zero-order chi connectivity index (χ0) is 15.4. The quantitative estimate of drug-likeness (QED) is 0.641. The van der Waals surface area contributed by atoms with Crippen LogP contribution in [0.1, 0.15) is 12.7 Å². The standard InChI is InChI=1S/C13H17N5O2S/c1-8(21-13-17-16-9(2)18(13)14)12(19)15-10-6-4-5-7-11(10)20-3/h4-8H,14H2,1-3H3,(H,15,19). The van der Waals surface area contributed by atoms with Gasteiger partial charge in [-0.1, -0.05) is 23.9 Å². The number of thioether (sulfide) groups is 1. The van der Waals surface area contributed by atoms with Gasteiger partial charge < -0.3 is 15.9 Å². The molecule has 2 aromatic rings. The van der Waals surface area contributed by atoms with Crippen LogP contribution in [0.25, 0.3) is 0 Å². The average molecular weight is 307 g/mol. The van der Waals surface area contributed by atoms with E-state index >= 15 is 0 Å². The molecular weight excluding hydrogens is 290 g/mol. The molecule has 0 radical (unpaired) electrons. The predicted octanol–water partition coefficient (Wildman–Crippen LogP) is 1.43. The highest BCUT2D eigenvalue weighted by atomic mass is 32.2. The summed E-state index contributed by atoms with van der Waals surface area (Å²) < 4.78 is 6.56. The van der Waals surface area contributed by atoms with Gasteiger partial charge in [0.25, 0.3) is 0 Å². The Morgan fingerprint density at radius 1 is 1.43 bits per heavy atom. The number of hydrogen-bond acceptors (Lipinski definition) is 6. The van der Waals surface area contributed by atoms with Crippen LogP contribution in [0.2, 0.25) is 0 Å². The highest BCUT2D eigenvalue weighted by Crippen LogP contribution is 2.26. The summed E-state index contributed by atoms with van der Waals surface area (Å²) in [4.78, 5) is 12.2. The third kappa shape index (κ3) is 3.46. The summed E-state index contributed by atoms with van der Waals surface area (Å²) in [5.41, 5.74) is 0.628. The number of ether oxygens (including phenoxy) is 1. The first-order valence-corrected chi connectivity index (χ1v) is 7.18. The molecule has 0 bridgehead atoms. The minimum absolute atomic E-state index is 0.162. The van der Waals surface area contributed by atoms with Crippen molar-refractivity contribution in [3.05, 3.63) is 30.1 Å². The number of nitrogen functional groups attached to an aromatic ring is 1. The number of benzene rings is 1. The van der Waals surface area contributed by atoms with E-state index in [9.17, 15) is 4.79 Å². The van der Waals surface area contributed by atoms with E-state index < -0.39 is 0 Å². The number of aryl methyl sites for hydroxylation is 1. The van der Waals surface area contributed by atoms with Gasteiger partial charge in [0, 0.05) is 0 Å². The van der Waals surface area contributed by atoms with E-state index in [0.29, 0.717) is 22.4 Å². The van der Waals surface area contributed by atoms with Crippen LogP contribution in [-0.2, 0) is 4.79 Å². The molecule has 0 aliphatic rings. The summed E-state index contributed by atoms with van der Waals surface area (Å²) in [6, 6.07) is 7.24. The highest BCUT2D eigenvalue weighted by Gasteiger charge is 2.19. The second-order valence-corrected chi connectivity index (χ2v) is 5.66. The van der Waals surface area contributed by atoms with Crippen molar-refractivity contribution < 1.29 is 9.53 Å². The Bertz CT molecular complexity index is 643. The van der Waals surface area contributed by atoms with E-state index in [1.54, 1.807) is 33.1 Å². The molecule has 1 aromatic carbocycles. The Hall–Kier alpha value is -2.22. The number of amides is 1. The van der Waals surface area contributed by atoms with Gasteiger partial charge in [-0.15, -0.1) is 10.2 Å². The highest BCUT2D eigenvalue weighted by molar-refractivity contribution is 8.00. The molecule has 0 saturated heterocycles. The van der Waals surface area contributed by atoms with Gasteiger partial charge in [-0.05, 0) is 26.0 Å². The van der Waals surface area contributed by atoms with Crippen LogP contribution >= 0.6 is 11.8 Å². The van der Waals surface area contributed by atoms with Crippen molar-refractivity contribution in [3.63, 3.8) is 0 Å². The normalized spacial score (nSPS) is 12.0.